The van der Waals surface area contributed by atoms with Crippen LogP contribution in [0.15, 0.2) is 91.4 Å². The van der Waals surface area contributed by atoms with Crippen LogP contribution in [0.25, 0.3) is 11.3 Å². The van der Waals surface area contributed by atoms with Gasteiger partial charge in [-0.1, -0.05) is 66.2 Å². The molecule has 3 N–H and O–H groups in total. The highest BCUT2D eigenvalue weighted by molar-refractivity contribution is 6.33. The van der Waals surface area contributed by atoms with Crippen molar-refractivity contribution in [2.75, 3.05) is 10.6 Å². The molecular weight excluding hydrogens is 438 g/mol. The molecule has 8 heteroatoms. The Balaban J connectivity index is 1.41. The van der Waals surface area contributed by atoms with E-state index in [-0.39, 0.29) is 18.5 Å². The lowest BCUT2D eigenvalue weighted by molar-refractivity contribution is 0.102. The molecule has 4 rings (SSSR count). The Morgan fingerprint density at radius 2 is 1.67 bits per heavy atom. The number of para-hydroxylation sites is 1. The standard InChI is InChI=1S/C25H20ClN5O2/c26-21-11-4-5-12-22(21)31-25(33)28-14-17-7-6-10-19(13-17)30-24(32)20-15-27-16-29-23(20)18-8-2-1-3-9-18/h1-13,15-16H,14H2,(H,30,32)(H2,28,31,33). The number of benzene rings is 3. The van der Waals surface area contributed by atoms with Gasteiger partial charge in [0, 0.05) is 24.0 Å². The zero-order valence-corrected chi connectivity index (χ0v) is 18.2. The fourth-order valence-electron chi connectivity index (χ4n) is 3.19. The van der Waals surface area contributed by atoms with Crippen LogP contribution in [0.4, 0.5) is 16.2 Å². The highest BCUT2D eigenvalue weighted by atomic mass is 35.5. The summed E-state index contributed by atoms with van der Waals surface area (Å²) in [5, 5.41) is 8.82. The normalized spacial score (nSPS) is 10.3. The van der Waals surface area contributed by atoms with Crippen molar-refractivity contribution in [2.24, 2.45) is 0 Å². The SMILES string of the molecule is O=C(NCc1cccc(NC(=O)c2cncnc2-c2ccccc2)c1)Nc1ccccc1Cl. The fraction of sp³-hybridized carbons (Fsp3) is 0.0400. The molecule has 3 amide bonds. The number of hydrogen-bond donors (Lipinski definition) is 3. The number of halogens is 1. The Bertz CT molecular complexity index is 1280. The summed E-state index contributed by atoms with van der Waals surface area (Å²) in [5.74, 6) is -0.323. The molecule has 4 aromatic rings. The summed E-state index contributed by atoms with van der Waals surface area (Å²) in [4.78, 5) is 33.4. The van der Waals surface area contributed by atoms with Gasteiger partial charge in [-0.25, -0.2) is 14.8 Å². The molecule has 0 saturated carbocycles. The third-order valence-corrected chi connectivity index (χ3v) is 5.09. The van der Waals surface area contributed by atoms with Gasteiger partial charge in [0.15, 0.2) is 0 Å². The molecule has 0 unspecified atom stereocenters. The van der Waals surface area contributed by atoms with Crippen molar-refractivity contribution in [3.05, 3.63) is 108 Å². The van der Waals surface area contributed by atoms with E-state index in [4.69, 9.17) is 11.6 Å². The third kappa shape index (κ3) is 5.72. The number of rotatable bonds is 6. The molecule has 0 aliphatic heterocycles. The lowest BCUT2D eigenvalue weighted by Crippen LogP contribution is -2.28. The van der Waals surface area contributed by atoms with Crippen LogP contribution in [0.2, 0.25) is 5.02 Å². The summed E-state index contributed by atoms with van der Waals surface area (Å²) in [6.45, 7) is 0.268. The van der Waals surface area contributed by atoms with Gasteiger partial charge in [-0.15, -0.1) is 0 Å². The highest BCUT2D eigenvalue weighted by Crippen LogP contribution is 2.22. The quantitative estimate of drug-likeness (QED) is 0.362. The summed E-state index contributed by atoms with van der Waals surface area (Å²) >= 11 is 6.06. The maximum absolute atomic E-state index is 12.9. The van der Waals surface area contributed by atoms with E-state index in [0.29, 0.717) is 27.7 Å². The van der Waals surface area contributed by atoms with Gasteiger partial charge in [-0.2, -0.15) is 0 Å². The second kappa shape index (κ2) is 10.4. The van der Waals surface area contributed by atoms with Crippen LogP contribution in [0.5, 0.6) is 0 Å². The molecule has 0 saturated heterocycles. The summed E-state index contributed by atoms with van der Waals surface area (Å²) in [5.41, 5.74) is 3.68. The predicted molar refractivity (Wildman–Crippen MR) is 129 cm³/mol. The molecule has 0 atom stereocenters. The molecule has 0 aliphatic rings. The van der Waals surface area contributed by atoms with Crippen molar-refractivity contribution < 1.29 is 9.59 Å². The lowest BCUT2D eigenvalue weighted by Gasteiger charge is -2.11. The largest absolute Gasteiger partial charge is 0.334 e. The van der Waals surface area contributed by atoms with E-state index in [2.05, 4.69) is 25.9 Å². The van der Waals surface area contributed by atoms with Gasteiger partial charge in [0.05, 0.1) is 22.0 Å². The van der Waals surface area contributed by atoms with Gasteiger partial charge in [-0.3, -0.25) is 4.79 Å². The lowest BCUT2D eigenvalue weighted by atomic mass is 10.1. The molecule has 33 heavy (non-hydrogen) atoms. The number of hydrogen-bond acceptors (Lipinski definition) is 4. The van der Waals surface area contributed by atoms with E-state index >= 15 is 0 Å². The van der Waals surface area contributed by atoms with Crippen LogP contribution >= 0.6 is 11.6 Å². The maximum Gasteiger partial charge on any atom is 0.319 e. The van der Waals surface area contributed by atoms with Gasteiger partial charge in [0.1, 0.15) is 6.33 Å². The molecule has 0 spiro atoms. The Labute approximate surface area is 195 Å². The predicted octanol–water partition coefficient (Wildman–Crippen LogP) is 5.37. The molecule has 1 aromatic heterocycles. The zero-order chi connectivity index (χ0) is 23.0. The van der Waals surface area contributed by atoms with E-state index in [1.54, 1.807) is 42.5 Å². The molecule has 0 radical (unpaired) electrons. The van der Waals surface area contributed by atoms with Gasteiger partial charge in [0.25, 0.3) is 5.91 Å². The minimum atomic E-state index is -0.383. The van der Waals surface area contributed by atoms with Crippen LogP contribution < -0.4 is 16.0 Å². The van der Waals surface area contributed by atoms with Crippen LogP contribution in [0, 0.1) is 0 Å². The van der Waals surface area contributed by atoms with E-state index in [1.807, 2.05) is 36.4 Å². The summed E-state index contributed by atoms with van der Waals surface area (Å²) in [6, 6.07) is 23.3. The van der Waals surface area contributed by atoms with Crippen LogP contribution in [0.3, 0.4) is 0 Å². The zero-order valence-electron chi connectivity index (χ0n) is 17.5. The van der Waals surface area contributed by atoms with E-state index < -0.39 is 0 Å². The molecular formula is C25H20ClN5O2. The topological polar surface area (TPSA) is 96.0 Å². The van der Waals surface area contributed by atoms with E-state index in [1.165, 1.54) is 12.5 Å². The molecule has 3 aromatic carbocycles. The number of carbonyl (C=O) groups is 2. The Hall–Kier alpha value is -4.23. The van der Waals surface area contributed by atoms with Crippen LogP contribution in [-0.4, -0.2) is 21.9 Å². The first-order valence-electron chi connectivity index (χ1n) is 10.2. The Morgan fingerprint density at radius 1 is 0.879 bits per heavy atom. The van der Waals surface area contributed by atoms with Crippen molar-refractivity contribution in [3.8, 4) is 11.3 Å². The smallest absolute Gasteiger partial charge is 0.319 e. The fourth-order valence-corrected chi connectivity index (χ4v) is 3.37. The van der Waals surface area contributed by atoms with Gasteiger partial charge in [0.2, 0.25) is 0 Å². The van der Waals surface area contributed by atoms with Crippen LogP contribution in [0.1, 0.15) is 15.9 Å². The molecule has 0 aliphatic carbocycles. The maximum atomic E-state index is 12.9. The summed E-state index contributed by atoms with van der Waals surface area (Å²) < 4.78 is 0. The number of nitrogens with one attached hydrogen (secondary N) is 3. The summed E-state index contributed by atoms with van der Waals surface area (Å²) in [7, 11) is 0. The monoisotopic (exact) mass is 457 g/mol. The molecule has 164 valence electrons. The highest BCUT2D eigenvalue weighted by Gasteiger charge is 2.15. The molecule has 7 nitrogen and oxygen atoms in total. The second-order valence-electron chi connectivity index (χ2n) is 7.09. The van der Waals surface area contributed by atoms with Crippen molar-refractivity contribution >= 4 is 34.9 Å². The number of urea groups is 1. The number of amides is 3. The first-order chi connectivity index (χ1) is 16.1. The average molecular weight is 458 g/mol. The van der Waals surface area contributed by atoms with Gasteiger partial charge >= 0.3 is 6.03 Å². The minimum absolute atomic E-state index is 0.268. The number of anilines is 2. The van der Waals surface area contributed by atoms with Crippen molar-refractivity contribution in [2.45, 2.75) is 6.54 Å². The average Bonchev–Trinajstić information content (AvgIpc) is 2.85. The Morgan fingerprint density at radius 3 is 2.48 bits per heavy atom. The molecule has 0 fully saturated rings. The molecule has 1 heterocycles. The Kier molecular flexibility index (Phi) is 6.92. The number of aromatic nitrogens is 2. The second-order valence-corrected chi connectivity index (χ2v) is 7.50. The van der Waals surface area contributed by atoms with Crippen molar-refractivity contribution in [1.29, 1.82) is 0 Å². The first kappa shape index (κ1) is 22.0. The van der Waals surface area contributed by atoms with E-state index in [9.17, 15) is 9.59 Å². The van der Waals surface area contributed by atoms with Crippen molar-refractivity contribution in [1.82, 2.24) is 15.3 Å². The number of nitrogens with zero attached hydrogens (tertiary/aromatic N) is 2. The minimum Gasteiger partial charge on any atom is -0.334 e. The molecule has 0 bridgehead atoms. The van der Waals surface area contributed by atoms with Crippen molar-refractivity contribution in [3.63, 3.8) is 0 Å². The van der Waals surface area contributed by atoms with Gasteiger partial charge < -0.3 is 16.0 Å². The van der Waals surface area contributed by atoms with Crippen LogP contribution in [-0.2, 0) is 6.54 Å². The first-order valence-corrected chi connectivity index (χ1v) is 10.5. The summed E-state index contributed by atoms with van der Waals surface area (Å²) in [6.07, 6.45) is 2.91. The van der Waals surface area contributed by atoms with E-state index in [0.717, 1.165) is 11.1 Å². The third-order valence-electron chi connectivity index (χ3n) is 4.76. The number of carbonyl (C=O) groups excluding carboxylic acids is 2. The van der Waals surface area contributed by atoms with Gasteiger partial charge in [-0.05, 0) is 29.8 Å².